The van der Waals surface area contributed by atoms with E-state index < -0.39 is 0 Å². The lowest BCUT2D eigenvalue weighted by Gasteiger charge is -2.01. The fourth-order valence-electron chi connectivity index (χ4n) is 1.82. The number of ether oxygens (including phenoxy) is 1. The van der Waals surface area contributed by atoms with Gasteiger partial charge in [-0.3, -0.25) is 9.20 Å². The van der Waals surface area contributed by atoms with Gasteiger partial charge in [-0.2, -0.15) is 0 Å². The van der Waals surface area contributed by atoms with Crippen molar-refractivity contribution in [2.75, 3.05) is 7.11 Å². The van der Waals surface area contributed by atoms with Crippen LogP contribution in [0.25, 0.3) is 15.9 Å². The summed E-state index contributed by atoms with van der Waals surface area (Å²) in [6.07, 6.45) is 1.82. The van der Waals surface area contributed by atoms with Gasteiger partial charge in [-0.1, -0.05) is 0 Å². The van der Waals surface area contributed by atoms with E-state index in [-0.39, 0.29) is 5.56 Å². The SMILES string of the molecule is COc1ccc2c(=O)n3cc(C)sc3nc2c1. The van der Waals surface area contributed by atoms with Gasteiger partial charge < -0.3 is 4.74 Å². The Morgan fingerprint density at radius 1 is 1.41 bits per heavy atom. The van der Waals surface area contributed by atoms with Crippen LogP contribution in [0.1, 0.15) is 4.88 Å². The van der Waals surface area contributed by atoms with E-state index in [0.29, 0.717) is 21.6 Å². The topological polar surface area (TPSA) is 43.6 Å². The number of nitrogens with zero attached hydrogens (tertiary/aromatic N) is 2. The number of thiazole rings is 1. The molecule has 0 aliphatic rings. The van der Waals surface area contributed by atoms with Crippen molar-refractivity contribution in [2.45, 2.75) is 6.92 Å². The van der Waals surface area contributed by atoms with Crippen LogP contribution in [0, 0.1) is 6.92 Å². The summed E-state index contributed by atoms with van der Waals surface area (Å²) in [5.74, 6) is 0.710. The Balaban J connectivity index is 2.49. The third-order valence-electron chi connectivity index (χ3n) is 2.64. The molecule has 1 aromatic carbocycles. The van der Waals surface area contributed by atoms with Gasteiger partial charge in [-0.15, -0.1) is 11.3 Å². The quantitative estimate of drug-likeness (QED) is 0.661. The first-order valence-corrected chi connectivity index (χ1v) is 5.97. The highest BCUT2D eigenvalue weighted by molar-refractivity contribution is 7.16. The van der Waals surface area contributed by atoms with Crippen LogP contribution in [-0.4, -0.2) is 16.5 Å². The molecule has 3 rings (SSSR count). The molecule has 0 unspecified atom stereocenters. The second kappa shape index (κ2) is 3.56. The van der Waals surface area contributed by atoms with Gasteiger partial charge in [-0.05, 0) is 19.1 Å². The third kappa shape index (κ3) is 1.51. The zero-order valence-corrected chi connectivity index (χ0v) is 10.2. The number of hydrogen-bond acceptors (Lipinski definition) is 4. The van der Waals surface area contributed by atoms with Crippen LogP contribution < -0.4 is 10.3 Å². The average Bonchev–Trinajstić information content (AvgIpc) is 2.69. The van der Waals surface area contributed by atoms with Gasteiger partial charge in [0.15, 0.2) is 4.96 Å². The molecule has 86 valence electrons. The van der Waals surface area contributed by atoms with Crippen LogP contribution in [0.5, 0.6) is 5.75 Å². The zero-order valence-electron chi connectivity index (χ0n) is 9.43. The van der Waals surface area contributed by atoms with Gasteiger partial charge in [0.25, 0.3) is 5.56 Å². The Kier molecular flexibility index (Phi) is 2.16. The molecule has 0 aliphatic heterocycles. The fraction of sp³-hybridized carbons (Fsp3) is 0.167. The van der Waals surface area contributed by atoms with Gasteiger partial charge in [0, 0.05) is 17.1 Å². The molecule has 0 atom stereocenters. The summed E-state index contributed by atoms with van der Waals surface area (Å²) in [6, 6.07) is 5.31. The molecule has 0 spiro atoms. The summed E-state index contributed by atoms with van der Waals surface area (Å²) < 4.78 is 6.73. The van der Waals surface area contributed by atoms with Gasteiger partial charge in [0.2, 0.25) is 0 Å². The summed E-state index contributed by atoms with van der Waals surface area (Å²) in [5.41, 5.74) is 0.646. The predicted molar refractivity (Wildman–Crippen MR) is 68.1 cm³/mol. The number of hydrogen-bond donors (Lipinski definition) is 0. The highest BCUT2D eigenvalue weighted by Crippen LogP contribution is 2.20. The number of fused-ring (bicyclic) bond motifs is 2. The standard InChI is InChI=1S/C12H10N2O2S/c1-7-6-14-11(15)9-4-3-8(16-2)5-10(9)13-12(14)17-7/h3-6H,1-2H3. The van der Waals surface area contributed by atoms with E-state index in [4.69, 9.17) is 4.74 Å². The molecule has 2 aromatic heterocycles. The van der Waals surface area contributed by atoms with Crippen molar-refractivity contribution in [1.82, 2.24) is 9.38 Å². The Morgan fingerprint density at radius 2 is 2.24 bits per heavy atom. The van der Waals surface area contributed by atoms with Crippen LogP contribution in [0.3, 0.4) is 0 Å². The van der Waals surface area contributed by atoms with E-state index in [1.165, 1.54) is 11.3 Å². The van der Waals surface area contributed by atoms with E-state index in [1.54, 1.807) is 29.7 Å². The third-order valence-corrected chi connectivity index (χ3v) is 3.54. The molecule has 5 heteroatoms. The molecule has 0 radical (unpaired) electrons. The van der Waals surface area contributed by atoms with Crippen LogP contribution in [0.2, 0.25) is 0 Å². The van der Waals surface area contributed by atoms with E-state index in [1.807, 2.05) is 13.1 Å². The maximum atomic E-state index is 12.2. The summed E-state index contributed by atoms with van der Waals surface area (Å²) in [4.78, 5) is 18.4. The molecule has 2 heterocycles. The maximum absolute atomic E-state index is 12.2. The molecule has 0 bridgehead atoms. The second-order valence-corrected chi connectivity index (χ2v) is 5.01. The number of aryl methyl sites for hydroxylation is 1. The van der Waals surface area contributed by atoms with Crippen LogP contribution in [0.4, 0.5) is 0 Å². The number of benzene rings is 1. The highest BCUT2D eigenvalue weighted by atomic mass is 32.1. The van der Waals surface area contributed by atoms with Crippen LogP contribution in [-0.2, 0) is 0 Å². The minimum Gasteiger partial charge on any atom is -0.497 e. The van der Waals surface area contributed by atoms with E-state index in [9.17, 15) is 4.79 Å². The number of aromatic nitrogens is 2. The summed E-state index contributed by atoms with van der Waals surface area (Å²) in [5, 5.41) is 0.612. The molecule has 0 saturated heterocycles. The molecule has 0 N–H and O–H groups in total. The van der Waals surface area contributed by atoms with E-state index in [2.05, 4.69) is 4.98 Å². The first-order chi connectivity index (χ1) is 8.19. The Labute approximate surface area is 101 Å². The normalized spacial score (nSPS) is 11.2. The van der Waals surface area contributed by atoms with Crippen molar-refractivity contribution in [1.29, 1.82) is 0 Å². The molecule has 0 fully saturated rings. The Hall–Kier alpha value is -1.88. The second-order valence-electron chi connectivity index (χ2n) is 3.79. The monoisotopic (exact) mass is 246 g/mol. The van der Waals surface area contributed by atoms with Crippen molar-refractivity contribution in [3.05, 3.63) is 39.6 Å². The lowest BCUT2D eigenvalue weighted by Crippen LogP contribution is -2.12. The van der Waals surface area contributed by atoms with Crippen LogP contribution >= 0.6 is 11.3 Å². The predicted octanol–water partition coefficient (Wildman–Crippen LogP) is 2.23. The lowest BCUT2D eigenvalue weighted by atomic mass is 10.2. The van der Waals surface area contributed by atoms with Crippen molar-refractivity contribution >= 4 is 27.2 Å². The largest absolute Gasteiger partial charge is 0.497 e. The first kappa shape index (κ1) is 10.3. The molecule has 0 amide bonds. The van der Waals surface area contributed by atoms with Gasteiger partial charge in [0.1, 0.15) is 5.75 Å². The molecular formula is C12H10N2O2S. The summed E-state index contributed by atoms with van der Waals surface area (Å²) >= 11 is 1.51. The van der Waals surface area contributed by atoms with Crippen molar-refractivity contribution in [3.8, 4) is 5.75 Å². The highest BCUT2D eigenvalue weighted by Gasteiger charge is 2.08. The Bertz CT molecular complexity index is 773. The van der Waals surface area contributed by atoms with Crippen LogP contribution in [0.15, 0.2) is 29.2 Å². The summed E-state index contributed by atoms with van der Waals surface area (Å²) in [7, 11) is 1.60. The first-order valence-electron chi connectivity index (χ1n) is 5.15. The van der Waals surface area contributed by atoms with E-state index in [0.717, 1.165) is 4.88 Å². The molecule has 0 aliphatic carbocycles. The maximum Gasteiger partial charge on any atom is 0.266 e. The van der Waals surface area contributed by atoms with Crippen molar-refractivity contribution in [2.24, 2.45) is 0 Å². The van der Waals surface area contributed by atoms with Crippen molar-refractivity contribution in [3.63, 3.8) is 0 Å². The minimum atomic E-state index is -0.0306. The number of methoxy groups -OCH3 is 1. The van der Waals surface area contributed by atoms with Gasteiger partial charge in [-0.25, -0.2) is 4.98 Å². The Morgan fingerprint density at radius 3 is 3.00 bits per heavy atom. The van der Waals surface area contributed by atoms with Crippen molar-refractivity contribution < 1.29 is 4.74 Å². The zero-order chi connectivity index (χ0) is 12.0. The molecule has 4 nitrogen and oxygen atoms in total. The number of rotatable bonds is 1. The molecule has 3 aromatic rings. The lowest BCUT2D eigenvalue weighted by molar-refractivity contribution is 0.415. The van der Waals surface area contributed by atoms with Gasteiger partial charge >= 0.3 is 0 Å². The smallest absolute Gasteiger partial charge is 0.266 e. The minimum absolute atomic E-state index is 0.0306. The molecule has 17 heavy (non-hydrogen) atoms. The average molecular weight is 246 g/mol. The summed E-state index contributed by atoms with van der Waals surface area (Å²) in [6.45, 7) is 1.96. The molecular weight excluding hydrogens is 236 g/mol. The van der Waals surface area contributed by atoms with Gasteiger partial charge in [0.05, 0.1) is 18.0 Å². The fourth-order valence-corrected chi connectivity index (χ4v) is 2.65. The molecule has 0 saturated carbocycles. The van der Waals surface area contributed by atoms with E-state index >= 15 is 0 Å².